The van der Waals surface area contributed by atoms with Crippen molar-refractivity contribution >= 4 is 17.2 Å². The predicted molar refractivity (Wildman–Crippen MR) is 81.9 cm³/mol. The minimum atomic E-state index is -0.155. The topological polar surface area (TPSA) is 49.3 Å². The first-order chi connectivity index (χ1) is 9.60. The lowest BCUT2D eigenvalue weighted by Crippen LogP contribution is -2.41. The van der Waals surface area contributed by atoms with E-state index in [9.17, 15) is 4.79 Å². The van der Waals surface area contributed by atoms with Crippen LogP contribution in [0.2, 0.25) is 0 Å². The summed E-state index contributed by atoms with van der Waals surface area (Å²) in [6, 6.07) is 1.88. The van der Waals surface area contributed by atoms with E-state index in [0.717, 1.165) is 23.4 Å². The van der Waals surface area contributed by atoms with Crippen molar-refractivity contribution in [2.24, 2.45) is 5.41 Å². The zero-order valence-corrected chi connectivity index (χ0v) is 12.9. The third-order valence-electron chi connectivity index (χ3n) is 4.21. The number of aliphatic hydroxyl groups is 1. The van der Waals surface area contributed by atoms with Crippen molar-refractivity contribution in [3.63, 3.8) is 0 Å². The van der Waals surface area contributed by atoms with Gasteiger partial charge in [0.05, 0.1) is 9.75 Å². The average Bonchev–Trinajstić information content (AvgIpc) is 2.77. The fourth-order valence-electron chi connectivity index (χ4n) is 2.52. The van der Waals surface area contributed by atoms with Crippen LogP contribution in [0.1, 0.15) is 52.7 Å². The lowest BCUT2D eigenvalue weighted by atomic mass is 9.67. The fraction of sp³-hybridized carbons (Fsp3) is 0.562. The molecule has 3 nitrogen and oxygen atoms in total. The van der Waals surface area contributed by atoms with Crippen LogP contribution in [0, 0.1) is 24.2 Å². The van der Waals surface area contributed by atoms with Crippen molar-refractivity contribution in [3.8, 4) is 11.8 Å². The van der Waals surface area contributed by atoms with Crippen molar-refractivity contribution < 1.29 is 9.90 Å². The van der Waals surface area contributed by atoms with Gasteiger partial charge in [-0.1, -0.05) is 25.2 Å². The quantitative estimate of drug-likeness (QED) is 0.838. The number of rotatable bonds is 4. The van der Waals surface area contributed by atoms with Crippen molar-refractivity contribution in [1.29, 1.82) is 0 Å². The molecule has 0 aromatic carbocycles. The minimum absolute atomic E-state index is 0.00475. The Morgan fingerprint density at radius 3 is 2.85 bits per heavy atom. The van der Waals surface area contributed by atoms with Gasteiger partial charge in [-0.15, -0.1) is 11.3 Å². The van der Waals surface area contributed by atoms with Gasteiger partial charge in [0.15, 0.2) is 0 Å². The summed E-state index contributed by atoms with van der Waals surface area (Å²) in [5, 5.41) is 11.8. The predicted octanol–water partition coefficient (Wildman–Crippen LogP) is 2.71. The lowest BCUT2D eigenvalue weighted by Gasteiger charge is -2.41. The molecule has 108 valence electrons. The second kappa shape index (κ2) is 6.43. The van der Waals surface area contributed by atoms with Crippen LogP contribution in [0.4, 0.5) is 0 Å². The van der Waals surface area contributed by atoms with E-state index in [-0.39, 0.29) is 12.5 Å². The number of aryl methyl sites for hydroxylation is 1. The molecule has 2 rings (SSSR count). The van der Waals surface area contributed by atoms with Gasteiger partial charge in [0.1, 0.15) is 6.61 Å². The van der Waals surface area contributed by atoms with E-state index in [2.05, 4.69) is 24.1 Å². The molecule has 1 fully saturated rings. The Bertz CT molecular complexity index is 541. The highest BCUT2D eigenvalue weighted by Gasteiger charge is 2.35. The van der Waals surface area contributed by atoms with Gasteiger partial charge in [0, 0.05) is 6.54 Å². The number of hydrogen-bond donors (Lipinski definition) is 2. The Morgan fingerprint density at radius 2 is 2.30 bits per heavy atom. The van der Waals surface area contributed by atoms with E-state index in [1.165, 1.54) is 30.6 Å². The highest BCUT2D eigenvalue weighted by atomic mass is 32.1. The third-order valence-corrected chi connectivity index (χ3v) is 5.36. The molecule has 1 heterocycles. The van der Waals surface area contributed by atoms with E-state index in [0.29, 0.717) is 10.3 Å². The number of amides is 1. The van der Waals surface area contributed by atoms with Crippen LogP contribution in [0.5, 0.6) is 0 Å². The Labute approximate surface area is 124 Å². The Balaban J connectivity index is 1.99. The zero-order chi connectivity index (χ0) is 14.6. The SMILES string of the molecule is CCC1(CNC(=O)c2cc(C)c(C#CCO)s2)CCC1. The summed E-state index contributed by atoms with van der Waals surface area (Å²) in [6.07, 6.45) is 4.85. The van der Waals surface area contributed by atoms with Crippen LogP contribution in [0.25, 0.3) is 0 Å². The molecule has 0 saturated heterocycles. The second-order valence-corrected chi connectivity index (χ2v) is 6.52. The maximum absolute atomic E-state index is 12.2. The number of nitrogens with one attached hydrogen (secondary N) is 1. The maximum atomic E-state index is 12.2. The van der Waals surface area contributed by atoms with Crippen molar-refractivity contribution in [3.05, 3.63) is 21.4 Å². The molecule has 0 spiro atoms. The molecule has 4 heteroatoms. The number of aliphatic hydroxyl groups excluding tert-OH is 1. The normalized spacial score (nSPS) is 15.9. The number of carbonyl (C=O) groups excluding carboxylic acids is 1. The average molecular weight is 291 g/mol. The third kappa shape index (κ3) is 3.23. The monoisotopic (exact) mass is 291 g/mol. The molecule has 1 aromatic heterocycles. The highest BCUT2D eigenvalue weighted by molar-refractivity contribution is 7.14. The van der Waals surface area contributed by atoms with Crippen LogP contribution in [0.15, 0.2) is 6.07 Å². The summed E-state index contributed by atoms with van der Waals surface area (Å²) >= 11 is 1.39. The van der Waals surface area contributed by atoms with Gasteiger partial charge in [-0.25, -0.2) is 0 Å². The van der Waals surface area contributed by atoms with Gasteiger partial charge in [0.25, 0.3) is 5.91 Å². The summed E-state index contributed by atoms with van der Waals surface area (Å²) in [4.78, 5) is 13.8. The Kier molecular flexibility index (Phi) is 4.85. The van der Waals surface area contributed by atoms with E-state index in [1.807, 2.05) is 13.0 Å². The summed E-state index contributed by atoms with van der Waals surface area (Å²) in [7, 11) is 0. The summed E-state index contributed by atoms with van der Waals surface area (Å²) < 4.78 is 0. The molecule has 1 saturated carbocycles. The molecular weight excluding hydrogens is 270 g/mol. The molecule has 2 N–H and O–H groups in total. The summed E-state index contributed by atoms with van der Waals surface area (Å²) in [6.45, 7) is 4.76. The molecule has 1 aromatic rings. The van der Waals surface area contributed by atoms with Crippen LogP contribution in [-0.2, 0) is 0 Å². The van der Waals surface area contributed by atoms with E-state index in [4.69, 9.17) is 5.11 Å². The summed E-state index contributed by atoms with van der Waals surface area (Å²) in [5.74, 6) is 5.50. The molecule has 0 unspecified atom stereocenters. The molecule has 0 aliphatic heterocycles. The number of thiophene rings is 1. The maximum Gasteiger partial charge on any atom is 0.261 e. The van der Waals surface area contributed by atoms with E-state index >= 15 is 0 Å². The van der Waals surface area contributed by atoms with Crippen LogP contribution >= 0.6 is 11.3 Å². The van der Waals surface area contributed by atoms with E-state index in [1.54, 1.807) is 0 Å². The first kappa shape index (κ1) is 15.1. The smallest absolute Gasteiger partial charge is 0.261 e. The van der Waals surface area contributed by atoms with Crippen molar-refractivity contribution in [2.45, 2.75) is 39.5 Å². The standard InChI is InChI=1S/C16H21NO2S/c1-3-16(7-5-8-16)11-17-15(19)14-10-12(2)13(20-14)6-4-9-18/h10,18H,3,5,7-9,11H2,1-2H3,(H,17,19). The molecular formula is C16H21NO2S. The molecule has 1 amide bonds. The van der Waals surface area contributed by atoms with Gasteiger partial charge >= 0.3 is 0 Å². The summed E-state index contributed by atoms with van der Waals surface area (Å²) in [5.41, 5.74) is 1.33. The minimum Gasteiger partial charge on any atom is -0.384 e. The molecule has 1 aliphatic rings. The fourth-order valence-corrected chi connectivity index (χ4v) is 3.49. The van der Waals surface area contributed by atoms with Gasteiger partial charge in [-0.3, -0.25) is 4.79 Å². The lowest BCUT2D eigenvalue weighted by molar-refractivity contribution is 0.0853. The zero-order valence-electron chi connectivity index (χ0n) is 12.1. The Hall–Kier alpha value is -1.31. The molecule has 20 heavy (non-hydrogen) atoms. The van der Waals surface area contributed by atoms with Gasteiger partial charge < -0.3 is 10.4 Å². The molecule has 0 bridgehead atoms. The van der Waals surface area contributed by atoms with Crippen LogP contribution < -0.4 is 5.32 Å². The molecule has 0 atom stereocenters. The Morgan fingerprint density at radius 1 is 1.55 bits per heavy atom. The highest BCUT2D eigenvalue weighted by Crippen LogP contribution is 2.43. The molecule has 1 aliphatic carbocycles. The van der Waals surface area contributed by atoms with Crippen molar-refractivity contribution in [1.82, 2.24) is 5.32 Å². The first-order valence-electron chi connectivity index (χ1n) is 7.08. The first-order valence-corrected chi connectivity index (χ1v) is 7.90. The van der Waals surface area contributed by atoms with Gasteiger partial charge in [0.2, 0.25) is 0 Å². The van der Waals surface area contributed by atoms with Crippen molar-refractivity contribution in [2.75, 3.05) is 13.2 Å². The van der Waals surface area contributed by atoms with Gasteiger partial charge in [-0.05, 0) is 43.2 Å². The van der Waals surface area contributed by atoms with Gasteiger partial charge in [-0.2, -0.15) is 0 Å². The van der Waals surface area contributed by atoms with E-state index < -0.39 is 0 Å². The second-order valence-electron chi connectivity index (χ2n) is 5.47. The van der Waals surface area contributed by atoms with Crippen LogP contribution in [0.3, 0.4) is 0 Å². The largest absolute Gasteiger partial charge is 0.384 e. The molecule has 0 radical (unpaired) electrons. The van der Waals surface area contributed by atoms with Crippen LogP contribution in [-0.4, -0.2) is 24.2 Å². The number of hydrogen-bond acceptors (Lipinski definition) is 3. The number of carbonyl (C=O) groups is 1.